The summed E-state index contributed by atoms with van der Waals surface area (Å²) < 4.78 is 0. The van der Waals surface area contributed by atoms with Gasteiger partial charge in [-0.25, -0.2) is 0 Å². The minimum absolute atomic E-state index is 0.0460. The first-order valence-corrected chi connectivity index (χ1v) is 3.02. The molecule has 0 saturated heterocycles. The number of aliphatic hydroxyl groups is 1. The second kappa shape index (κ2) is 4.32. The van der Waals surface area contributed by atoms with Crippen molar-refractivity contribution in [1.82, 2.24) is 5.32 Å². The molecule has 0 aromatic heterocycles. The van der Waals surface area contributed by atoms with Gasteiger partial charge in [-0.1, -0.05) is 6.92 Å². The van der Waals surface area contributed by atoms with Crippen LogP contribution in [0, 0.1) is 5.92 Å². The molecule has 3 nitrogen and oxygen atoms in total. The monoisotopic (exact) mass is 131 g/mol. The van der Waals surface area contributed by atoms with Crippen LogP contribution < -0.4 is 5.32 Å². The van der Waals surface area contributed by atoms with Gasteiger partial charge in [-0.05, 0) is 5.92 Å². The zero-order valence-corrected chi connectivity index (χ0v) is 5.85. The minimum atomic E-state index is -0.0460. The van der Waals surface area contributed by atoms with Gasteiger partial charge in [0.15, 0.2) is 0 Å². The van der Waals surface area contributed by atoms with Gasteiger partial charge in [0.05, 0.1) is 0 Å². The molecule has 9 heavy (non-hydrogen) atoms. The Bertz CT molecular complexity index is 93.1. The fourth-order valence-corrected chi connectivity index (χ4v) is 0.383. The Balaban J connectivity index is 3.16. The summed E-state index contributed by atoms with van der Waals surface area (Å²) >= 11 is 0. The predicted octanol–water partition coefficient (Wildman–Crippen LogP) is -0.249. The van der Waals surface area contributed by atoms with Gasteiger partial charge in [-0.3, -0.25) is 4.79 Å². The Morgan fingerprint density at radius 1 is 1.78 bits per heavy atom. The van der Waals surface area contributed by atoms with Gasteiger partial charge >= 0.3 is 0 Å². The van der Waals surface area contributed by atoms with E-state index >= 15 is 0 Å². The third kappa shape index (κ3) is 5.30. The van der Waals surface area contributed by atoms with Gasteiger partial charge < -0.3 is 10.4 Å². The fraction of sp³-hybridized carbons (Fsp3) is 0.833. The topological polar surface area (TPSA) is 49.3 Å². The van der Waals surface area contributed by atoms with E-state index in [4.69, 9.17) is 5.11 Å². The van der Waals surface area contributed by atoms with E-state index in [0.717, 1.165) is 0 Å². The lowest BCUT2D eigenvalue weighted by Gasteiger charge is -2.06. The maximum absolute atomic E-state index is 10.3. The molecule has 1 amide bonds. The molecule has 0 radical (unpaired) electrons. The van der Waals surface area contributed by atoms with Crippen LogP contribution in [0.1, 0.15) is 13.8 Å². The highest BCUT2D eigenvalue weighted by atomic mass is 16.3. The Labute approximate surface area is 55.1 Å². The van der Waals surface area contributed by atoms with E-state index in [-0.39, 0.29) is 18.4 Å². The molecule has 0 aliphatic rings. The first kappa shape index (κ1) is 8.43. The lowest BCUT2D eigenvalue weighted by Crippen LogP contribution is -2.27. The van der Waals surface area contributed by atoms with Gasteiger partial charge in [-0.2, -0.15) is 0 Å². The van der Waals surface area contributed by atoms with Crippen molar-refractivity contribution in [3.63, 3.8) is 0 Å². The molecule has 0 heterocycles. The maximum Gasteiger partial charge on any atom is 0.216 e. The predicted molar refractivity (Wildman–Crippen MR) is 34.9 cm³/mol. The van der Waals surface area contributed by atoms with Crippen molar-refractivity contribution in [2.75, 3.05) is 13.2 Å². The Morgan fingerprint density at radius 3 is 2.67 bits per heavy atom. The highest BCUT2D eigenvalue weighted by Crippen LogP contribution is 1.87. The fourth-order valence-electron chi connectivity index (χ4n) is 0.383. The molecule has 1 atom stereocenters. The third-order valence-electron chi connectivity index (χ3n) is 1.01. The zero-order valence-electron chi connectivity index (χ0n) is 5.85. The molecule has 0 spiro atoms. The summed E-state index contributed by atoms with van der Waals surface area (Å²) in [6.07, 6.45) is 0. The summed E-state index contributed by atoms with van der Waals surface area (Å²) in [4.78, 5) is 10.3. The van der Waals surface area contributed by atoms with Crippen LogP contribution in [0.4, 0.5) is 0 Å². The summed E-state index contributed by atoms with van der Waals surface area (Å²) in [6, 6.07) is 0. The molecule has 0 fully saturated rings. The molecule has 0 aliphatic heterocycles. The van der Waals surface area contributed by atoms with Gasteiger partial charge in [0.1, 0.15) is 0 Å². The van der Waals surface area contributed by atoms with Crippen LogP contribution in [-0.4, -0.2) is 24.2 Å². The molecule has 54 valence electrons. The van der Waals surface area contributed by atoms with Crippen LogP contribution in [0.2, 0.25) is 0 Å². The van der Waals surface area contributed by atoms with Crippen LogP contribution in [0.15, 0.2) is 0 Å². The van der Waals surface area contributed by atoms with Crippen molar-refractivity contribution in [3.8, 4) is 0 Å². The number of carbonyl (C=O) groups is 1. The molecule has 0 aromatic rings. The Hall–Kier alpha value is -0.570. The zero-order chi connectivity index (χ0) is 7.28. The standard InChI is InChI=1S/C6H13NO2/c1-5(4-8)3-7-6(2)9/h5,8H,3-4H2,1-2H3,(H,7,9). The van der Waals surface area contributed by atoms with Crippen LogP contribution in [-0.2, 0) is 4.79 Å². The SMILES string of the molecule is CC(=O)NCC(C)CO. The largest absolute Gasteiger partial charge is 0.396 e. The normalized spacial score (nSPS) is 12.8. The molecular weight excluding hydrogens is 118 g/mol. The van der Waals surface area contributed by atoms with E-state index in [1.807, 2.05) is 6.92 Å². The average molecular weight is 131 g/mol. The number of aliphatic hydroxyl groups excluding tert-OH is 1. The molecule has 3 heteroatoms. The summed E-state index contributed by atoms with van der Waals surface area (Å²) in [5.74, 6) is 0.115. The van der Waals surface area contributed by atoms with E-state index in [0.29, 0.717) is 6.54 Å². The van der Waals surface area contributed by atoms with Crippen LogP contribution in [0.5, 0.6) is 0 Å². The number of hydrogen-bond donors (Lipinski definition) is 2. The second-order valence-electron chi connectivity index (χ2n) is 2.22. The van der Waals surface area contributed by atoms with Gasteiger partial charge in [0, 0.05) is 20.1 Å². The number of rotatable bonds is 3. The molecule has 0 aliphatic carbocycles. The van der Waals surface area contributed by atoms with E-state index in [9.17, 15) is 4.79 Å². The van der Waals surface area contributed by atoms with Crippen molar-refractivity contribution < 1.29 is 9.90 Å². The van der Waals surface area contributed by atoms with E-state index in [1.165, 1.54) is 6.92 Å². The van der Waals surface area contributed by atoms with E-state index in [2.05, 4.69) is 5.32 Å². The first-order valence-electron chi connectivity index (χ1n) is 3.02. The van der Waals surface area contributed by atoms with E-state index < -0.39 is 0 Å². The Morgan fingerprint density at radius 2 is 2.33 bits per heavy atom. The average Bonchev–Trinajstić information content (AvgIpc) is 1.83. The number of amides is 1. The summed E-state index contributed by atoms with van der Waals surface area (Å²) in [7, 11) is 0. The van der Waals surface area contributed by atoms with Crippen LogP contribution in [0.25, 0.3) is 0 Å². The summed E-state index contributed by atoms with van der Waals surface area (Å²) in [6.45, 7) is 4.02. The van der Waals surface area contributed by atoms with Gasteiger partial charge in [0.2, 0.25) is 5.91 Å². The van der Waals surface area contributed by atoms with Crippen molar-refractivity contribution in [1.29, 1.82) is 0 Å². The number of carbonyl (C=O) groups excluding carboxylic acids is 1. The minimum Gasteiger partial charge on any atom is -0.396 e. The third-order valence-corrected chi connectivity index (χ3v) is 1.01. The summed E-state index contributed by atoms with van der Waals surface area (Å²) in [5.41, 5.74) is 0. The summed E-state index contributed by atoms with van der Waals surface area (Å²) in [5, 5.41) is 11.1. The van der Waals surface area contributed by atoms with Gasteiger partial charge in [0.25, 0.3) is 0 Å². The van der Waals surface area contributed by atoms with E-state index in [1.54, 1.807) is 0 Å². The first-order chi connectivity index (χ1) is 4.16. The highest BCUT2D eigenvalue weighted by Gasteiger charge is 1.98. The molecule has 0 saturated carbocycles. The maximum atomic E-state index is 10.3. The van der Waals surface area contributed by atoms with Crippen LogP contribution in [0.3, 0.4) is 0 Å². The van der Waals surface area contributed by atoms with Crippen LogP contribution >= 0.6 is 0 Å². The molecule has 2 N–H and O–H groups in total. The molecule has 1 unspecified atom stereocenters. The quantitative estimate of drug-likeness (QED) is 0.555. The second-order valence-corrected chi connectivity index (χ2v) is 2.22. The molecular formula is C6H13NO2. The van der Waals surface area contributed by atoms with Crippen molar-refractivity contribution in [3.05, 3.63) is 0 Å². The highest BCUT2D eigenvalue weighted by molar-refractivity contribution is 5.72. The lowest BCUT2D eigenvalue weighted by molar-refractivity contribution is -0.119. The lowest BCUT2D eigenvalue weighted by atomic mass is 10.2. The van der Waals surface area contributed by atoms with Crippen molar-refractivity contribution in [2.45, 2.75) is 13.8 Å². The number of hydrogen-bond acceptors (Lipinski definition) is 2. The van der Waals surface area contributed by atoms with Crippen molar-refractivity contribution >= 4 is 5.91 Å². The van der Waals surface area contributed by atoms with Crippen molar-refractivity contribution in [2.24, 2.45) is 5.92 Å². The number of nitrogens with one attached hydrogen (secondary N) is 1. The van der Waals surface area contributed by atoms with Gasteiger partial charge in [-0.15, -0.1) is 0 Å². The molecule has 0 aromatic carbocycles. The Kier molecular flexibility index (Phi) is 4.05. The molecule has 0 rings (SSSR count). The smallest absolute Gasteiger partial charge is 0.216 e. The molecule has 0 bridgehead atoms.